The van der Waals surface area contributed by atoms with Crippen LogP contribution in [0.15, 0.2) is 12.3 Å². The third-order valence-electron chi connectivity index (χ3n) is 2.15. The van der Waals surface area contributed by atoms with Gasteiger partial charge in [0.15, 0.2) is 5.82 Å². The molecule has 0 fully saturated rings. The van der Waals surface area contributed by atoms with Gasteiger partial charge in [0.25, 0.3) is 0 Å². The van der Waals surface area contributed by atoms with Crippen molar-refractivity contribution < 1.29 is 8.42 Å². The highest BCUT2D eigenvalue weighted by Crippen LogP contribution is 2.13. The molecule has 1 rings (SSSR count). The van der Waals surface area contributed by atoms with Crippen LogP contribution in [-0.4, -0.2) is 50.1 Å². The highest BCUT2D eigenvalue weighted by molar-refractivity contribution is 7.90. The normalized spacial score (nSPS) is 11.2. The minimum atomic E-state index is -3.04. The number of anilines is 1. The van der Waals surface area contributed by atoms with Crippen LogP contribution in [0.2, 0.25) is 0 Å². The SMILES string of the molecule is CN(CCS(C)(=O)=O)c1nnccc1C(=N)N. The summed E-state index contributed by atoms with van der Waals surface area (Å²) >= 11 is 0. The van der Waals surface area contributed by atoms with E-state index in [1.165, 1.54) is 12.5 Å². The Hall–Kier alpha value is -1.70. The highest BCUT2D eigenvalue weighted by atomic mass is 32.2. The van der Waals surface area contributed by atoms with Crippen molar-refractivity contribution in [3.05, 3.63) is 17.8 Å². The van der Waals surface area contributed by atoms with Crippen molar-refractivity contribution in [3.63, 3.8) is 0 Å². The van der Waals surface area contributed by atoms with Crippen LogP contribution in [-0.2, 0) is 9.84 Å². The fourth-order valence-corrected chi connectivity index (χ4v) is 1.83. The summed E-state index contributed by atoms with van der Waals surface area (Å²) in [5.74, 6) is 0.294. The number of sulfone groups is 1. The Bertz CT molecular complexity index is 514. The van der Waals surface area contributed by atoms with Crippen LogP contribution < -0.4 is 10.6 Å². The molecule has 1 aromatic heterocycles. The average Bonchev–Trinajstić information content (AvgIpc) is 2.25. The summed E-state index contributed by atoms with van der Waals surface area (Å²) in [7, 11) is -1.35. The second-order valence-electron chi connectivity index (χ2n) is 3.73. The molecular formula is C9H15N5O2S. The summed E-state index contributed by atoms with van der Waals surface area (Å²) < 4.78 is 22.1. The number of hydrogen-bond acceptors (Lipinski definition) is 6. The van der Waals surface area contributed by atoms with Crippen LogP contribution in [0.4, 0.5) is 5.82 Å². The number of aromatic nitrogens is 2. The van der Waals surface area contributed by atoms with Crippen molar-refractivity contribution in [2.75, 3.05) is 30.5 Å². The number of rotatable bonds is 5. The van der Waals surface area contributed by atoms with Gasteiger partial charge in [-0.05, 0) is 6.07 Å². The molecule has 0 bridgehead atoms. The number of nitrogen functional groups attached to an aromatic ring is 1. The molecule has 0 amide bonds. The zero-order valence-corrected chi connectivity index (χ0v) is 10.5. The standard InChI is InChI=1S/C9H15N5O2S/c1-14(5-6-17(2,15)16)9-7(8(10)11)3-4-12-13-9/h3-4H,5-6H2,1-2H3,(H3,10,11). The molecule has 0 spiro atoms. The average molecular weight is 257 g/mol. The quantitative estimate of drug-likeness (QED) is 0.529. The van der Waals surface area contributed by atoms with E-state index in [9.17, 15) is 8.42 Å². The van der Waals surface area contributed by atoms with Crippen LogP contribution in [0.3, 0.4) is 0 Å². The Morgan fingerprint density at radius 2 is 2.24 bits per heavy atom. The van der Waals surface area contributed by atoms with Gasteiger partial charge in [-0.1, -0.05) is 0 Å². The van der Waals surface area contributed by atoms with Gasteiger partial charge in [-0.25, -0.2) is 8.42 Å². The summed E-state index contributed by atoms with van der Waals surface area (Å²) in [4.78, 5) is 1.62. The van der Waals surface area contributed by atoms with E-state index >= 15 is 0 Å². The fraction of sp³-hybridized carbons (Fsp3) is 0.444. The topological polar surface area (TPSA) is 113 Å². The Kier molecular flexibility index (Phi) is 4.00. The molecule has 0 aliphatic carbocycles. The molecule has 1 aromatic rings. The second kappa shape index (κ2) is 5.09. The molecule has 0 atom stereocenters. The first-order valence-electron chi connectivity index (χ1n) is 4.86. The van der Waals surface area contributed by atoms with Crippen LogP contribution in [0, 0.1) is 5.41 Å². The molecule has 17 heavy (non-hydrogen) atoms. The minimum absolute atomic E-state index is 0.0113. The first-order valence-corrected chi connectivity index (χ1v) is 6.92. The number of amidine groups is 1. The Morgan fingerprint density at radius 1 is 1.59 bits per heavy atom. The van der Waals surface area contributed by atoms with E-state index in [1.807, 2.05) is 0 Å². The van der Waals surface area contributed by atoms with Gasteiger partial charge in [0.1, 0.15) is 15.7 Å². The van der Waals surface area contributed by atoms with E-state index in [2.05, 4.69) is 10.2 Å². The largest absolute Gasteiger partial charge is 0.384 e. The zero-order chi connectivity index (χ0) is 13.1. The molecule has 0 saturated carbocycles. The van der Waals surface area contributed by atoms with Gasteiger partial charge in [-0.2, -0.15) is 5.10 Å². The van der Waals surface area contributed by atoms with E-state index in [4.69, 9.17) is 11.1 Å². The van der Waals surface area contributed by atoms with Gasteiger partial charge in [-0.3, -0.25) is 5.41 Å². The minimum Gasteiger partial charge on any atom is -0.384 e. The lowest BCUT2D eigenvalue weighted by atomic mass is 10.2. The van der Waals surface area contributed by atoms with Gasteiger partial charge < -0.3 is 10.6 Å². The fourth-order valence-electron chi connectivity index (χ4n) is 1.23. The Morgan fingerprint density at radius 3 is 2.76 bits per heavy atom. The van der Waals surface area contributed by atoms with Gasteiger partial charge >= 0.3 is 0 Å². The first kappa shape index (κ1) is 13.4. The summed E-state index contributed by atoms with van der Waals surface area (Å²) in [6.07, 6.45) is 2.61. The third kappa shape index (κ3) is 3.99. The lowest BCUT2D eigenvalue weighted by Crippen LogP contribution is -2.28. The van der Waals surface area contributed by atoms with E-state index < -0.39 is 9.84 Å². The molecule has 0 aliphatic rings. The van der Waals surface area contributed by atoms with Crippen molar-refractivity contribution in [2.24, 2.45) is 5.73 Å². The number of nitrogens with zero attached hydrogens (tertiary/aromatic N) is 3. The number of hydrogen-bond donors (Lipinski definition) is 2. The molecule has 7 nitrogen and oxygen atoms in total. The molecule has 0 saturated heterocycles. The van der Waals surface area contributed by atoms with Crippen molar-refractivity contribution in [1.29, 1.82) is 5.41 Å². The van der Waals surface area contributed by atoms with E-state index in [0.717, 1.165) is 0 Å². The molecule has 3 N–H and O–H groups in total. The van der Waals surface area contributed by atoms with Crippen LogP contribution >= 0.6 is 0 Å². The summed E-state index contributed by atoms with van der Waals surface area (Å²) in [6.45, 7) is 0.276. The van der Waals surface area contributed by atoms with Gasteiger partial charge in [0.2, 0.25) is 0 Å². The Labute approximate surface area is 100 Å². The van der Waals surface area contributed by atoms with Crippen molar-refractivity contribution >= 4 is 21.5 Å². The summed E-state index contributed by atoms with van der Waals surface area (Å²) in [6, 6.07) is 1.57. The van der Waals surface area contributed by atoms with Crippen LogP contribution in [0.1, 0.15) is 5.56 Å². The molecular weight excluding hydrogens is 242 g/mol. The van der Waals surface area contributed by atoms with Gasteiger partial charge in [0, 0.05) is 19.8 Å². The Balaban J connectivity index is 2.89. The van der Waals surface area contributed by atoms with Crippen LogP contribution in [0.5, 0.6) is 0 Å². The maximum atomic E-state index is 11.1. The van der Waals surface area contributed by atoms with Crippen molar-refractivity contribution in [3.8, 4) is 0 Å². The summed E-state index contributed by atoms with van der Waals surface area (Å²) in [5.41, 5.74) is 5.85. The second-order valence-corrected chi connectivity index (χ2v) is 5.99. The molecule has 0 aliphatic heterocycles. The van der Waals surface area contributed by atoms with E-state index in [-0.39, 0.29) is 18.1 Å². The molecule has 0 aromatic carbocycles. The van der Waals surface area contributed by atoms with E-state index in [0.29, 0.717) is 11.4 Å². The molecule has 94 valence electrons. The van der Waals surface area contributed by atoms with Crippen molar-refractivity contribution in [2.45, 2.75) is 0 Å². The molecule has 0 unspecified atom stereocenters. The third-order valence-corrected chi connectivity index (χ3v) is 3.07. The highest BCUT2D eigenvalue weighted by Gasteiger charge is 2.13. The van der Waals surface area contributed by atoms with Crippen molar-refractivity contribution in [1.82, 2.24) is 10.2 Å². The maximum absolute atomic E-state index is 11.1. The number of nitrogens with one attached hydrogen (secondary N) is 1. The van der Waals surface area contributed by atoms with Gasteiger partial charge in [0.05, 0.1) is 17.5 Å². The molecule has 8 heteroatoms. The lowest BCUT2D eigenvalue weighted by molar-refractivity contribution is 0.601. The molecule has 1 heterocycles. The molecule has 0 radical (unpaired) electrons. The zero-order valence-electron chi connectivity index (χ0n) is 9.71. The van der Waals surface area contributed by atoms with Gasteiger partial charge in [-0.15, -0.1) is 5.10 Å². The smallest absolute Gasteiger partial charge is 0.162 e. The first-order chi connectivity index (χ1) is 7.81. The predicted octanol–water partition coefficient (Wildman–Crippen LogP) is -0.759. The number of nitrogens with two attached hydrogens (primary N) is 1. The maximum Gasteiger partial charge on any atom is 0.162 e. The monoisotopic (exact) mass is 257 g/mol. The lowest BCUT2D eigenvalue weighted by Gasteiger charge is -2.19. The predicted molar refractivity (Wildman–Crippen MR) is 66.0 cm³/mol. The van der Waals surface area contributed by atoms with Crippen LogP contribution in [0.25, 0.3) is 0 Å². The summed E-state index contributed by atoms with van der Waals surface area (Å²) in [5, 5.41) is 15.0. The van der Waals surface area contributed by atoms with E-state index in [1.54, 1.807) is 18.0 Å².